The highest BCUT2D eigenvalue weighted by Gasteiger charge is 2.48. The number of carbonyl (C=O) groups is 4. The number of pyridine rings is 1. The summed E-state index contributed by atoms with van der Waals surface area (Å²) in [5.74, 6) is -5.44. The van der Waals surface area contributed by atoms with Gasteiger partial charge in [0.25, 0.3) is 0 Å². The number of rotatable bonds is 4. The predicted molar refractivity (Wildman–Crippen MR) is 124 cm³/mol. The Hall–Kier alpha value is -3.63. The van der Waals surface area contributed by atoms with E-state index in [-0.39, 0.29) is 17.5 Å². The van der Waals surface area contributed by atoms with Gasteiger partial charge in [-0.15, -0.1) is 0 Å². The Bertz CT molecular complexity index is 970. The molecule has 220 valence electrons. The number of hydrogen-bond acceptors (Lipinski definition) is 6. The standard InChI is InChI=1S/C18H27N5O2.2C2HF3O2/c1-3-4-9-20-17(25)22-10-7-18(13-22)14-23(16(24)12-21(18)2)15-6-5-8-19-11-15;2*3-2(4,5)1(6)7/h5-6,8,11H,3-4,7,9-10,12-14H2,1-2H3,(H,20,25);2*(H,6,7). The summed E-state index contributed by atoms with van der Waals surface area (Å²) in [4.78, 5) is 52.6. The minimum Gasteiger partial charge on any atom is -0.475 e. The van der Waals surface area contributed by atoms with Crippen LogP contribution in [0.2, 0.25) is 0 Å². The average molecular weight is 573 g/mol. The Morgan fingerprint density at radius 1 is 1.08 bits per heavy atom. The van der Waals surface area contributed by atoms with Gasteiger partial charge in [-0.05, 0) is 32.0 Å². The molecule has 2 aliphatic rings. The van der Waals surface area contributed by atoms with E-state index in [0.717, 1.165) is 38.0 Å². The molecule has 3 rings (SSSR count). The van der Waals surface area contributed by atoms with E-state index in [0.29, 0.717) is 19.6 Å². The third kappa shape index (κ3) is 10.2. The minimum absolute atomic E-state index is 0.00329. The topological polar surface area (TPSA) is 143 Å². The number of nitrogens with zero attached hydrogens (tertiary/aromatic N) is 4. The summed E-state index contributed by atoms with van der Waals surface area (Å²) in [7, 11) is 1.98. The third-order valence-electron chi connectivity index (χ3n) is 5.80. The van der Waals surface area contributed by atoms with E-state index in [2.05, 4.69) is 22.1 Å². The van der Waals surface area contributed by atoms with E-state index in [1.54, 1.807) is 12.4 Å². The van der Waals surface area contributed by atoms with Crippen molar-refractivity contribution in [2.45, 2.75) is 44.1 Å². The molecule has 2 saturated heterocycles. The number of urea groups is 1. The number of nitrogens with one attached hydrogen (secondary N) is 1. The molecule has 3 amide bonds. The van der Waals surface area contributed by atoms with E-state index in [1.807, 2.05) is 29.0 Å². The summed E-state index contributed by atoms with van der Waals surface area (Å²) < 4.78 is 63.5. The molecular formula is C22H29F6N5O6. The highest BCUT2D eigenvalue weighted by molar-refractivity contribution is 5.95. The zero-order valence-electron chi connectivity index (χ0n) is 21.1. The first-order valence-electron chi connectivity index (χ1n) is 11.5. The molecule has 0 aromatic carbocycles. The number of aliphatic carboxylic acids is 2. The Labute approximate surface area is 219 Å². The molecule has 1 spiro atoms. The van der Waals surface area contributed by atoms with Gasteiger partial charge < -0.3 is 25.3 Å². The lowest BCUT2D eigenvalue weighted by atomic mass is 9.92. The van der Waals surface area contributed by atoms with Gasteiger partial charge in [0.2, 0.25) is 5.91 Å². The SMILES string of the molecule is CCCCNC(=O)N1CCC2(C1)CN(c1cccnc1)C(=O)CN2C.O=C(O)C(F)(F)F.O=C(O)C(F)(F)F. The van der Waals surface area contributed by atoms with Crippen molar-refractivity contribution in [3.05, 3.63) is 24.5 Å². The second-order valence-corrected chi connectivity index (χ2v) is 8.63. The molecule has 1 unspecified atom stereocenters. The normalized spacial score (nSPS) is 19.5. The maximum Gasteiger partial charge on any atom is 0.490 e. The number of halogens is 6. The van der Waals surface area contributed by atoms with Gasteiger partial charge in [-0.1, -0.05) is 13.3 Å². The van der Waals surface area contributed by atoms with Gasteiger partial charge in [-0.3, -0.25) is 14.7 Å². The Morgan fingerprint density at radius 3 is 2.10 bits per heavy atom. The van der Waals surface area contributed by atoms with Gasteiger partial charge in [0.05, 0.1) is 24.0 Å². The second-order valence-electron chi connectivity index (χ2n) is 8.63. The molecule has 0 radical (unpaired) electrons. The van der Waals surface area contributed by atoms with Crippen molar-refractivity contribution in [1.82, 2.24) is 20.1 Å². The number of unbranched alkanes of at least 4 members (excludes halogenated alkanes) is 1. The average Bonchev–Trinajstić information content (AvgIpc) is 3.27. The number of alkyl halides is 6. The van der Waals surface area contributed by atoms with Crippen LogP contribution in [0.4, 0.5) is 36.8 Å². The fraction of sp³-hybridized carbons (Fsp3) is 0.591. The van der Waals surface area contributed by atoms with E-state index in [4.69, 9.17) is 19.8 Å². The minimum atomic E-state index is -5.08. The predicted octanol–water partition coefficient (Wildman–Crippen LogP) is 2.58. The lowest BCUT2D eigenvalue weighted by Gasteiger charge is -2.46. The molecule has 2 fully saturated rings. The number of carboxylic acids is 2. The molecule has 1 aromatic heterocycles. The first kappa shape index (κ1) is 33.4. The third-order valence-corrected chi connectivity index (χ3v) is 5.80. The van der Waals surface area contributed by atoms with Crippen molar-refractivity contribution in [2.24, 2.45) is 0 Å². The summed E-state index contributed by atoms with van der Waals surface area (Å²) >= 11 is 0. The largest absolute Gasteiger partial charge is 0.490 e. The van der Waals surface area contributed by atoms with Gasteiger partial charge in [-0.2, -0.15) is 26.3 Å². The van der Waals surface area contributed by atoms with Crippen LogP contribution in [0.1, 0.15) is 26.2 Å². The van der Waals surface area contributed by atoms with E-state index in [9.17, 15) is 35.9 Å². The fourth-order valence-electron chi connectivity index (χ4n) is 3.66. The van der Waals surface area contributed by atoms with Gasteiger partial charge in [-0.25, -0.2) is 14.4 Å². The number of likely N-dealkylation sites (tertiary alicyclic amines) is 1. The van der Waals surface area contributed by atoms with Crippen molar-refractivity contribution < 1.29 is 55.7 Å². The molecule has 0 saturated carbocycles. The van der Waals surface area contributed by atoms with Crippen LogP contribution in [0.5, 0.6) is 0 Å². The second kappa shape index (κ2) is 14.0. The fourth-order valence-corrected chi connectivity index (χ4v) is 3.66. The van der Waals surface area contributed by atoms with Crippen LogP contribution in [-0.2, 0) is 14.4 Å². The maximum absolute atomic E-state index is 12.5. The van der Waals surface area contributed by atoms with E-state index < -0.39 is 24.3 Å². The molecule has 3 heterocycles. The highest BCUT2D eigenvalue weighted by Crippen LogP contribution is 2.33. The summed E-state index contributed by atoms with van der Waals surface area (Å²) in [6.45, 7) is 5.14. The maximum atomic E-state index is 12.5. The summed E-state index contributed by atoms with van der Waals surface area (Å²) in [6, 6.07) is 3.76. The lowest BCUT2D eigenvalue weighted by Crippen LogP contribution is -2.64. The van der Waals surface area contributed by atoms with Gasteiger partial charge in [0.15, 0.2) is 0 Å². The summed E-state index contributed by atoms with van der Waals surface area (Å²) in [5.41, 5.74) is 0.636. The monoisotopic (exact) mass is 573 g/mol. The molecular weight excluding hydrogens is 544 g/mol. The Morgan fingerprint density at radius 2 is 1.64 bits per heavy atom. The number of carbonyl (C=O) groups excluding carboxylic acids is 2. The Balaban J connectivity index is 0.000000449. The summed E-state index contributed by atoms with van der Waals surface area (Å²) in [5, 5.41) is 17.2. The number of piperazine rings is 1. The van der Waals surface area contributed by atoms with E-state index in [1.165, 1.54) is 0 Å². The van der Waals surface area contributed by atoms with Gasteiger partial charge >= 0.3 is 30.3 Å². The van der Waals surface area contributed by atoms with Crippen LogP contribution in [0.3, 0.4) is 0 Å². The Kier molecular flexibility index (Phi) is 12.0. The molecule has 1 atom stereocenters. The number of aromatic nitrogens is 1. The molecule has 11 nitrogen and oxygen atoms in total. The first-order valence-corrected chi connectivity index (χ1v) is 11.5. The smallest absolute Gasteiger partial charge is 0.475 e. The molecule has 39 heavy (non-hydrogen) atoms. The number of anilines is 1. The zero-order valence-corrected chi connectivity index (χ0v) is 21.1. The van der Waals surface area contributed by atoms with Crippen LogP contribution in [-0.4, -0.2) is 107 Å². The quantitative estimate of drug-likeness (QED) is 0.369. The van der Waals surface area contributed by atoms with Crippen LogP contribution in [0.15, 0.2) is 24.5 Å². The zero-order chi connectivity index (χ0) is 30.0. The number of carboxylic acid groups (broad SMARTS) is 2. The van der Waals surface area contributed by atoms with Crippen LogP contribution >= 0.6 is 0 Å². The van der Waals surface area contributed by atoms with Gasteiger partial charge in [0.1, 0.15) is 0 Å². The lowest BCUT2D eigenvalue weighted by molar-refractivity contribution is -0.193. The molecule has 1 aromatic rings. The number of likely N-dealkylation sites (N-methyl/N-ethyl adjacent to an activating group) is 1. The molecule has 17 heteroatoms. The van der Waals surface area contributed by atoms with Crippen LogP contribution in [0, 0.1) is 0 Å². The van der Waals surface area contributed by atoms with Gasteiger partial charge in [0, 0.05) is 32.4 Å². The van der Waals surface area contributed by atoms with Crippen molar-refractivity contribution in [1.29, 1.82) is 0 Å². The first-order chi connectivity index (χ1) is 17.9. The summed E-state index contributed by atoms with van der Waals surface area (Å²) in [6.07, 6.45) is -3.81. The van der Waals surface area contributed by atoms with Crippen molar-refractivity contribution in [3.63, 3.8) is 0 Å². The van der Waals surface area contributed by atoms with Crippen LogP contribution < -0.4 is 10.2 Å². The van der Waals surface area contributed by atoms with E-state index >= 15 is 0 Å². The van der Waals surface area contributed by atoms with Crippen molar-refractivity contribution >= 4 is 29.6 Å². The molecule has 3 N–H and O–H groups in total. The van der Waals surface area contributed by atoms with Crippen LogP contribution in [0.25, 0.3) is 0 Å². The molecule has 0 aliphatic carbocycles. The highest BCUT2D eigenvalue weighted by atomic mass is 19.4. The molecule has 0 bridgehead atoms. The number of amides is 3. The molecule has 2 aliphatic heterocycles. The van der Waals surface area contributed by atoms with Crippen molar-refractivity contribution in [2.75, 3.05) is 44.7 Å². The van der Waals surface area contributed by atoms with Crippen molar-refractivity contribution in [3.8, 4) is 0 Å². The number of hydrogen-bond donors (Lipinski definition) is 3.